The number of carbonyl (C=O) groups is 2. The van der Waals surface area contributed by atoms with Gasteiger partial charge < -0.3 is 15.4 Å². The molecule has 0 fully saturated rings. The molecule has 138 valence electrons. The van der Waals surface area contributed by atoms with Crippen molar-refractivity contribution in [1.82, 2.24) is 5.32 Å². The predicted molar refractivity (Wildman–Crippen MR) is 107 cm³/mol. The van der Waals surface area contributed by atoms with E-state index in [4.69, 9.17) is 4.74 Å². The minimum Gasteiger partial charge on any atom is -0.481 e. The standard InChI is InChI=1S/C20H23BrN2O3/c1-4-13(2)22-20(25)17-7-5-6-8-18(17)23-19(24)14(3)26-16-11-9-15(21)10-12-16/h5-14H,4H2,1-3H3,(H,22,25)(H,23,24). The summed E-state index contributed by atoms with van der Waals surface area (Å²) < 4.78 is 6.59. The number of carbonyl (C=O) groups excluding carboxylic acids is 2. The molecule has 0 saturated carbocycles. The molecule has 0 heterocycles. The molecule has 0 radical (unpaired) electrons. The summed E-state index contributed by atoms with van der Waals surface area (Å²) in [6.07, 6.45) is 0.125. The third-order valence-electron chi connectivity index (χ3n) is 3.92. The fraction of sp³-hybridized carbons (Fsp3) is 0.300. The van der Waals surface area contributed by atoms with Crippen LogP contribution in [-0.4, -0.2) is 24.0 Å². The molecule has 2 N–H and O–H groups in total. The van der Waals surface area contributed by atoms with Crippen LogP contribution in [0, 0.1) is 0 Å². The Hall–Kier alpha value is -2.34. The van der Waals surface area contributed by atoms with Crippen LogP contribution in [0.1, 0.15) is 37.6 Å². The average Bonchev–Trinajstić information content (AvgIpc) is 2.63. The van der Waals surface area contributed by atoms with E-state index in [1.807, 2.05) is 26.0 Å². The predicted octanol–water partition coefficient (Wildman–Crippen LogP) is 4.38. The van der Waals surface area contributed by atoms with Crippen molar-refractivity contribution >= 4 is 33.4 Å². The highest BCUT2D eigenvalue weighted by Crippen LogP contribution is 2.19. The van der Waals surface area contributed by atoms with Gasteiger partial charge in [0.15, 0.2) is 6.10 Å². The van der Waals surface area contributed by atoms with Crippen LogP contribution in [0.4, 0.5) is 5.69 Å². The first-order valence-corrected chi connectivity index (χ1v) is 9.33. The number of nitrogens with one attached hydrogen (secondary N) is 2. The normalized spacial score (nSPS) is 12.8. The third-order valence-corrected chi connectivity index (χ3v) is 4.44. The van der Waals surface area contributed by atoms with Crippen LogP contribution < -0.4 is 15.4 Å². The van der Waals surface area contributed by atoms with E-state index in [-0.39, 0.29) is 17.9 Å². The number of ether oxygens (including phenoxy) is 1. The Morgan fingerprint density at radius 2 is 1.73 bits per heavy atom. The average molecular weight is 419 g/mol. The van der Waals surface area contributed by atoms with Crippen molar-refractivity contribution in [2.75, 3.05) is 5.32 Å². The maximum absolute atomic E-state index is 12.5. The van der Waals surface area contributed by atoms with E-state index in [0.717, 1.165) is 10.9 Å². The number of anilines is 1. The van der Waals surface area contributed by atoms with E-state index in [9.17, 15) is 9.59 Å². The van der Waals surface area contributed by atoms with Gasteiger partial charge in [-0.05, 0) is 56.7 Å². The van der Waals surface area contributed by atoms with Crippen LogP contribution in [0.2, 0.25) is 0 Å². The Bertz CT molecular complexity index is 762. The van der Waals surface area contributed by atoms with Crippen LogP contribution in [0.15, 0.2) is 53.0 Å². The van der Waals surface area contributed by atoms with E-state index >= 15 is 0 Å². The lowest BCUT2D eigenvalue weighted by molar-refractivity contribution is -0.122. The molecule has 2 aromatic carbocycles. The lowest BCUT2D eigenvalue weighted by atomic mass is 10.1. The van der Waals surface area contributed by atoms with E-state index in [2.05, 4.69) is 26.6 Å². The number of rotatable bonds is 7. The summed E-state index contributed by atoms with van der Waals surface area (Å²) in [5, 5.41) is 5.69. The molecule has 2 unspecified atom stereocenters. The number of benzene rings is 2. The van der Waals surface area contributed by atoms with Crippen molar-refractivity contribution in [3.63, 3.8) is 0 Å². The van der Waals surface area contributed by atoms with Gasteiger partial charge in [-0.2, -0.15) is 0 Å². The van der Waals surface area contributed by atoms with Crippen molar-refractivity contribution < 1.29 is 14.3 Å². The molecule has 0 aromatic heterocycles. The molecule has 2 amide bonds. The van der Waals surface area contributed by atoms with Crippen LogP contribution >= 0.6 is 15.9 Å². The Morgan fingerprint density at radius 3 is 2.38 bits per heavy atom. The second-order valence-corrected chi connectivity index (χ2v) is 6.95. The van der Waals surface area contributed by atoms with Gasteiger partial charge in [0.2, 0.25) is 0 Å². The third kappa shape index (κ3) is 5.59. The summed E-state index contributed by atoms with van der Waals surface area (Å²) >= 11 is 3.36. The molecule has 0 spiro atoms. The van der Waals surface area contributed by atoms with E-state index in [1.54, 1.807) is 43.3 Å². The molecule has 0 aliphatic rings. The van der Waals surface area contributed by atoms with E-state index in [1.165, 1.54) is 0 Å². The Morgan fingerprint density at radius 1 is 1.08 bits per heavy atom. The zero-order valence-corrected chi connectivity index (χ0v) is 16.7. The van der Waals surface area contributed by atoms with Crippen molar-refractivity contribution in [3.05, 3.63) is 58.6 Å². The van der Waals surface area contributed by atoms with E-state index < -0.39 is 6.10 Å². The summed E-state index contributed by atoms with van der Waals surface area (Å²) in [4.78, 5) is 24.9. The molecule has 0 saturated heterocycles. The van der Waals surface area contributed by atoms with Gasteiger partial charge in [-0.25, -0.2) is 0 Å². The van der Waals surface area contributed by atoms with Crippen molar-refractivity contribution in [2.24, 2.45) is 0 Å². The lowest BCUT2D eigenvalue weighted by Gasteiger charge is -2.17. The first kappa shape index (κ1) is 20.0. The zero-order valence-electron chi connectivity index (χ0n) is 15.1. The molecular weight excluding hydrogens is 396 g/mol. The minimum absolute atomic E-state index is 0.0610. The SMILES string of the molecule is CCC(C)NC(=O)c1ccccc1NC(=O)C(C)Oc1ccc(Br)cc1. The Kier molecular flexibility index (Phi) is 7.21. The van der Waals surface area contributed by atoms with Gasteiger partial charge in [0.1, 0.15) is 5.75 Å². The maximum atomic E-state index is 12.5. The van der Waals surface area contributed by atoms with Crippen LogP contribution in [0.3, 0.4) is 0 Å². The van der Waals surface area contributed by atoms with Gasteiger partial charge in [-0.3, -0.25) is 9.59 Å². The minimum atomic E-state index is -0.707. The summed E-state index contributed by atoms with van der Waals surface area (Å²) in [6.45, 7) is 5.60. The molecule has 2 aromatic rings. The zero-order chi connectivity index (χ0) is 19.1. The van der Waals surface area contributed by atoms with Crippen molar-refractivity contribution in [1.29, 1.82) is 0 Å². The number of para-hydroxylation sites is 1. The van der Waals surface area contributed by atoms with Gasteiger partial charge in [-0.15, -0.1) is 0 Å². The van der Waals surface area contributed by atoms with Gasteiger partial charge in [-0.1, -0.05) is 35.0 Å². The summed E-state index contributed by atoms with van der Waals surface area (Å²) in [7, 11) is 0. The second kappa shape index (κ2) is 9.38. The summed E-state index contributed by atoms with van der Waals surface area (Å²) in [5.74, 6) is 0.0621. The molecule has 5 nitrogen and oxygen atoms in total. The topological polar surface area (TPSA) is 67.4 Å². The molecule has 2 rings (SSSR count). The highest BCUT2D eigenvalue weighted by atomic mass is 79.9. The molecule has 2 atom stereocenters. The number of halogens is 1. The summed E-state index contributed by atoms with van der Waals surface area (Å²) in [5.41, 5.74) is 0.890. The smallest absolute Gasteiger partial charge is 0.265 e. The van der Waals surface area contributed by atoms with Gasteiger partial charge in [0, 0.05) is 10.5 Å². The molecule has 0 aliphatic heterocycles. The van der Waals surface area contributed by atoms with Crippen LogP contribution in [0.5, 0.6) is 5.75 Å². The maximum Gasteiger partial charge on any atom is 0.265 e. The molecule has 6 heteroatoms. The highest BCUT2D eigenvalue weighted by Gasteiger charge is 2.19. The second-order valence-electron chi connectivity index (χ2n) is 6.03. The Balaban J connectivity index is 2.06. The van der Waals surface area contributed by atoms with Gasteiger partial charge in [0.25, 0.3) is 11.8 Å². The largest absolute Gasteiger partial charge is 0.481 e. The van der Waals surface area contributed by atoms with Gasteiger partial charge in [0.05, 0.1) is 11.3 Å². The van der Waals surface area contributed by atoms with Crippen LogP contribution in [-0.2, 0) is 4.79 Å². The van der Waals surface area contributed by atoms with Crippen LogP contribution in [0.25, 0.3) is 0 Å². The molecule has 0 aliphatic carbocycles. The summed E-state index contributed by atoms with van der Waals surface area (Å²) in [6, 6.07) is 14.2. The highest BCUT2D eigenvalue weighted by molar-refractivity contribution is 9.10. The monoisotopic (exact) mass is 418 g/mol. The first-order valence-electron chi connectivity index (χ1n) is 8.53. The number of amides is 2. The van der Waals surface area contributed by atoms with Gasteiger partial charge >= 0.3 is 0 Å². The molecule has 0 bridgehead atoms. The molecule has 26 heavy (non-hydrogen) atoms. The number of hydrogen-bond donors (Lipinski definition) is 2. The van der Waals surface area contributed by atoms with Crippen molar-refractivity contribution in [3.8, 4) is 5.75 Å². The number of hydrogen-bond acceptors (Lipinski definition) is 3. The lowest BCUT2D eigenvalue weighted by Crippen LogP contribution is -2.34. The van der Waals surface area contributed by atoms with E-state index in [0.29, 0.717) is 17.0 Å². The molecular formula is C20H23BrN2O3. The quantitative estimate of drug-likeness (QED) is 0.700. The fourth-order valence-corrected chi connectivity index (χ4v) is 2.46. The Labute approximate surface area is 162 Å². The fourth-order valence-electron chi connectivity index (χ4n) is 2.20. The first-order chi connectivity index (χ1) is 12.4. The van der Waals surface area contributed by atoms with Crippen molar-refractivity contribution in [2.45, 2.75) is 39.3 Å².